The molecule has 1 N–H and O–H groups in total. The zero-order chi connectivity index (χ0) is 16.4. The van der Waals surface area contributed by atoms with Crippen LogP contribution >= 0.6 is 0 Å². The molecular formula is C22H20N2. The molecule has 0 aliphatic carbocycles. The van der Waals surface area contributed by atoms with Gasteiger partial charge in [-0.2, -0.15) is 0 Å². The van der Waals surface area contributed by atoms with E-state index in [1.165, 1.54) is 12.0 Å². The van der Waals surface area contributed by atoms with Crippen molar-refractivity contribution in [3.8, 4) is 0 Å². The highest BCUT2D eigenvalue weighted by Gasteiger charge is 2.08. The van der Waals surface area contributed by atoms with E-state index in [2.05, 4.69) is 72.9 Å². The molecule has 2 heteroatoms. The first-order valence-corrected chi connectivity index (χ1v) is 8.48. The summed E-state index contributed by atoms with van der Waals surface area (Å²) in [6, 6.07) is 25.3. The summed E-state index contributed by atoms with van der Waals surface area (Å²) in [6.07, 6.45) is 2.30. The van der Waals surface area contributed by atoms with Crippen molar-refractivity contribution in [3.05, 3.63) is 78.4 Å². The van der Waals surface area contributed by atoms with Gasteiger partial charge < -0.3 is 5.32 Å². The van der Waals surface area contributed by atoms with Crippen molar-refractivity contribution in [2.24, 2.45) is 0 Å². The van der Waals surface area contributed by atoms with Crippen molar-refractivity contribution in [1.29, 1.82) is 0 Å². The topological polar surface area (TPSA) is 24.9 Å². The van der Waals surface area contributed by atoms with Crippen molar-refractivity contribution in [2.45, 2.75) is 19.8 Å². The highest BCUT2D eigenvalue weighted by atomic mass is 14.9. The molecule has 1 heterocycles. The Morgan fingerprint density at radius 1 is 0.750 bits per heavy atom. The van der Waals surface area contributed by atoms with Crippen LogP contribution in [0.5, 0.6) is 0 Å². The van der Waals surface area contributed by atoms with E-state index in [1.54, 1.807) is 0 Å². The van der Waals surface area contributed by atoms with Gasteiger partial charge in [-0.3, -0.25) is 0 Å². The van der Waals surface area contributed by atoms with Crippen molar-refractivity contribution in [3.63, 3.8) is 0 Å². The first-order valence-electron chi connectivity index (χ1n) is 8.48. The first kappa shape index (κ1) is 14.7. The van der Waals surface area contributed by atoms with Gasteiger partial charge in [-0.05, 0) is 36.2 Å². The molecule has 0 spiro atoms. The maximum Gasteiger partial charge on any atom is 0.0730 e. The predicted octanol–water partition coefficient (Wildman–Crippen LogP) is 6.08. The van der Waals surface area contributed by atoms with Crippen molar-refractivity contribution >= 4 is 33.2 Å². The second-order valence-corrected chi connectivity index (χ2v) is 6.09. The Labute approximate surface area is 142 Å². The number of benzene rings is 3. The van der Waals surface area contributed by atoms with Crippen molar-refractivity contribution in [2.75, 3.05) is 5.32 Å². The van der Waals surface area contributed by atoms with Crippen LogP contribution in [0.2, 0.25) is 0 Å². The molecule has 0 aliphatic heterocycles. The second-order valence-electron chi connectivity index (χ2n) is 6.09. The van der Waals surface area contributed by atoms with Gasteiger partial charge in [0.05, 0.1) is 16.7 Å². The number of fused-ring (bicyclic) bond motifs is 2. The number of aromatic nitrogens is 1. The molecule has 0 amide bonds. The summed E-state index contributed by atoms with van der Waals surface area (Å²) in [4.78, 5) is 4.78. The quantitative estimate of drug-likeness (QED) is 0.462. The fourth-order valence-electron chi connectivity index (χ4n) is 3.16. The monoisotopic (exact) mass is 312 g/mol. The lowest BCUT2D eigenvalue weighted by Crippen LogP contribution is -1.95. The molecule has 4 aromatic rings. The van der Waals surface area contributed by atoms with Crippen LogP contribution in [0.3, 0.4) is 0 Å². The van der Waals surface area contributed by atoms with Gasteiger partial charge in [-0.25, -0.2) is 4.98 Å². The van der Waals surface area contributed by atoms with Gasteiger partial charge in [0.25, 0.3) is 0 Å². The lowest BCUT2D eigenvalue weighted by atomic mass is 10.1. The largest absolute Gasteiger partial charge is 0.354 e. The van der Waals surface area contributed by atoms with E-state index in [-0.39, 0.29) is 0 Å². The van der Waals surface area contributed by atoms with Crippen molar-refractivity contribution < 1.29 is 0 Å². The van der Waals surface area contributed by atoms with E-state index in [4.69, 9.17) is 4.98 Å². The highest BCUT2D eigenvalue weighted by Crippen LogP contribution is 2.32. The minimum atomic E-state index is 1.02. The Hall–Kier alpha value is -2.87. The number of aryl methyl sites for hydroxylation is 1. The second kappa shape index (κ2) is 6.32. The number of para-hydroxylation sites is 2. The molecular weight excluding hydrogens is 292 g/mol. The first-order chi connectivity index (χ1) is 11.8. The van der Waals surface area contributed by atoms with Crippen LogP contribution in [0.15, 0.2) is 72.8 Å². The van der Waals surface area contributed by atoms with E-state index >= 15 is 0 Å². The molecule has 3 aromatic carbocycles. The van der Waals surface area contributed by atoms with Crippen LogP contribution in [-0.4, -0.2) is 4.98 Å². The number of hydrogen-bond acceptors (Lipinski definition) is 2. The number of anilines is 2. The molecule has 24 heavy (non-hydrogen) atoms. The maximum atomic E-state index is 4.78. The highest BCUT2D eigenvalue weighted by molar-refractivity contribution is 6.08. The van der Waals surface area contributed by atoms with Crippen LogP contribution in [0, 0.1) is 0 Å². The molecule has 0 unspecified atom stereocenters. The third kappa shape index (κ3) is 2.71. The Morgan fingerprint density at radius 2 is 1.33 bits per heavy atom. The SMILES string of the molecule is CCCc1ccc(Nc2c3ccccc3nc3ccccc23)cc1. The zero-order valence-corrected chi connectivity index (χ0v) is 13.8. The third-order valence-electron chi connectivity index (χ3n) is 4.35. The molecule has 0 atom stereocenters. The van der Waals surface area contributed by atoms with Crippen LogP contribution in [-0.2, 0) is 6.42 Å². The summed E-state index contributed by atoms with van der Waals surface area (Å²) >= 11 is 0. The maximum absolute atomic E-state index is 4.78. The van der Waals surface area contributed by atoms with Crippen LogP contribution in [0.4, 0.5) is 11.4 Å². The minimum absolute atomic E-state index is 1.02. The summed E-state index contributed by atoms with van der Waals surface area (Å²) in [7, 11) is 0. The van der Waals surface area contributed by atoms with Gasteiger partial charge in [0.1, 0.15) is 0 Å². The van der Waals surface area contributed by atoms with E-state index in [0.29, 0.717) is 0 Å². The normalized spacial score (nSPS) is 11.0. The third-order valence-corrected chi connectivity index (χ3v) is 4.35. The van der Waals surface area contributed by atoms with Crippen molar-refractivity contribution in [1.82, 2.24) is 4.98 Å². The van der Waals surface area contributed by atoms with E-state index in [9.17, 15) is 0 Å². The van der Waals surface area contributed by atoms with E-state index < -0.39 is 0 Å². The minimum Gasteiger partial charge on any atom is -0.354 e. The number of pyridine rings is 1. The Bertz CT molecular complexity index is 934. The Kier molecular flexibility index (Phi) is 3.87. The van der Waals surface area contributed by atoms with E-state index in [1.807, 2.05) is 12.1 Å². The molecule has 0 fully saturated rings. The van der Waals surface area contributed by atoms with Crippen LogP contribution < -0.4 is 5.32 Å². The molecule has 1 aromatic heterocycles. The summed E-state index contributed by atoms with van der Waals surface area (Å²) in [5, 5.41) is 5.91. The number of hydrogen-bond donors (Lipinski definition) is 1. The summed E-state index contributed by atoms with van der Waals surface area (Å²) in [6.45, 7) is 2.21. The van der Waals surface area contributed by atoms with Crippen LogP contribution in [0.25, 0.3) is 21.8 Å². The molecule has 0 radical (unpaired) electrons. The molecule has 0 bridgehead atoms. The smallest absolute Gasteiger partial charge is 0.0730 e. The molecule has 2 nitrogen and oxygen atoms in total. The summed E-state index contributed by atoms with van der Waals surface area (Å²) < 4.78 is 0. The average Bonchev–Trinajstić information content (AvgIpc) is 2.63. The standard InChI is InChI=1S/C22H20N2/c1-2-7-16-12-14-17(15-13-16)23-22-18-8-3-5-10-20(18)24-21-11-6-4-9-19(21)22/h3-6,8-15H,2,7H2,1H3,(H,23,24). The van der Waals surface area contributed by atoms with Gasteiger partial charge >= 0.3 is 0 Å². The summed E-state index contributed by atoms with van der Waals surface area (Å²) in [5.41, 5.74) is 5.64. The van der Waals surface area contributed by atoms with Crippen LogP contribution in [0.1, 0.15) is 18.9 Å². The fourth-order valence-corrected chi connectivity index (χ4v) is 3.16. The van der Waals surface area contributed by atoms with Gasteiger partial charge in [-0.1, -0.05) is 61.9 Å². The van der Waals surface area contributed by atoms with Gasteiger partial charge in [0, 0.05) is 16.5 Å². The lowest BCUT2D eigenvalue weighted by molar-refractivity contribution is 0.922. The molecule has 0 saturated heterocycles. The number of rotatable bonds is 4. The lowest BCUT2D eigenvalue weighted by Gasteiger charge is -2.13. The van der Waals surface area contributed by atoms with Gasteiger partial charge in [-0.15, -0.1) is 0 Å². The van der Waals surface area contributed by atoms with Gasteiger partial charge in [0.2, 0.25) is 0 Å². The average molecular weight is 312 g/mol. The predicted molar refractivity (Wildman–Crippen MR) is 103 cm³/mol. The Balaban J connectivity index is 1.84. The van der Waals surface area contributed by atoms with E-state index in [0.717, 1.165) is 39.6 Å². The molecule has 0 saturated carbocycles. The molecule has 4 rings (SSSR count). The summed E-state index contributed by atoms with van der Waals surface area (Å²) in [5.74, 6) is 0. The number of nitrogens with one attached hydrogen (secondary N) is 1. The molecule has 0 aliphatic rings. The number of nitrogens with zero attached hydrogens (tertiary/aromatic N) is 1. The zero-order valence-electron chi connectivity index (χ0n) is 13.8. The Morgan fingerprint density at radius 3 is 1.92 bits per heavy atom. The molecule has 118 valence electrons. The van der Waals surface area contributed by atoms with Gasteiger partial charge in [0.15, 0.2) is 0 Å². The fraction of sp³-hybridized carbons (Fsp3) is 0.136.